The molecule has 1 saturated heterocycles. The van der Waals surface area contributed by atoms with Gasteiger partial charge in [0.15, 0.2) is 4.34 Å². The molecule has 2 heterocycles. The van der Waals surface area contributed by atoms with Crippen LogP contribution in [-0.4, -0.2) is 41.5 Å². The maximum Gasteiger partial charge on any atom is 0.229 e. The number of nitrogens with one attached hydrogen (secondary N) is 2. The van der Waals surface area contributed by atoms with Crippen LogP contribution in [0.15, 0.2) is 4.34 Å². The van der Waals surface area contributed by atoms with Crippen molar-refractivity contribution < 1.29 is 9.69 Å². The maximum atomic E-state index is 12.0. The fourth-order valence-corrected chi connectivity index (χ4v) is 4.64. The molecule has 0 unspecified atom stereocenters. The van der Waals surface area contributed by atoms with Crippen molar-refractivity contribution in [1.29, 1.82) is 0 Å². The van der Waals surface area contributed by atoms with Crippen LogP contribution in [-0.2, 0) is 4.79 Å². The lowest BCUT2D eigenvalue weighted by molar-refractivity contribution is -0.902. The van der Waals surface area contributed by atoms with Gasteiger partial charge in [-0.25, -0.2) is 0 Å². The van der Waals surface area contributed by atoms with Crippen LogP contribution in [0.5, 0.6) is 0 Å². The van der Waals surface area contributed by atoms with Crippen molar-refractivity contribution in [3.8, 4) is 0 Å². The van der Waals surface area contributed by atoms with Crippen molar-refractivity contribution in [3.05, 3.63) is 0 Å². The van der Waals surface area contributed by atoms with Gasteiger partial charge in [-0.15, -0.1) is 10.2 Å². The summed E-state index contributed by atoms with van der Waals surface area (Å²) in [4.78, 5) is 13.7. The van der Waals surface area contributed by atoms with E-state index in [1.165, 1.54) is 50.2 Å². The summed E-state index contributed by atoms with van der Waals surface area (Å²) in [6, 6.07) is 0. The SMILES string of the molecule is CCC(CC)C(=O)Nc1nnc(SCC[NH+]2CCCCC2)s1. The number of hydrogen-bond donors (Lipinski definition) is 2. The Hall–Kier alpha value is -0.660. The summed E-state index contributed by atoms with van der Waals surface area (Å²) < 4.78 is 0.955. The van der Waals surface area contributed by atoms with Gasteiger partial charge in [0.2, 0.25) is 11.0 Å². The Kier molecular flexibility index (Phi) is 7.62. The summed E-state index contributed by atoms with van der Waals surface area (Å²) in [6.07, 6.45) is 5.85. The number of piperidine rings is 1. The van der Waals surface area contributed by atoms with E-state index in [0.29, 0.717) is 5.13 Å². The second-order valence-corrected chi connectivity index (χ2v) is 8.10. The zero-order valence-electron chi connectivity index (χ0n) is 13.6. The molecule has 5 nitrogen and oxygen atoms in total. The third kappa shape index (κ3) is 5.52. The van der Waals surface area contributed by atoms with Crippen molar-refractivity contribution in [1.82, 2.24) is 10.2 Å². The molecule has 1 aromatic heterocycles. The molecule has 0 atom stereocenters. The molecule has 0 aromatic carbocycles. The van der Waals surface area contributed by atoms with Gasteiger partial charge in [-0.2, -0.15) is 0 Å². The van der Waals surface area contributed by atoms with Crippen LogP contribution >= 0.6 is 23.1 Å². The molecule has 0 bridgehead atoms. The minimum Gasteiger partial charge on any atom is -0.334 e. The van der Waals surface area contributed by atoms with Gasteiger partial charge in [-0.1, -0.05) is 36.9 Å². The van der Waals surface area contributed by atoms with Crippen molar-refractivity contribution in [2.45, 2.75) is 50.3 Å². The summed E-state index contributed by atoms with van der Waals surface area (Å²) in [6.45, 7) is 7.90. The summed E-state index contributed by atoms with van der Waals surface area (Å²) in [7, 11) is 0. The average Bonchev–Trinajstić information content (AvgIpc) is 2.97. The molecule has 2 N–H and O–H groups in total. The van der Waals surface area contributed by atoms with Crippen LogP contribution in [0.25, 0.3) is 0 Å². The molecular weight excluding hydrogens is 316 g/mol. The Morgan fingerprint density at radius 2 is 2.00 bits per heavy atom. The van der Waals surface area contributed by atoms with Crippen LogP contribution in [0.3, 0.4) is 0 Å². The topological polar surface area (TPSA) is 59.3 Å². The van der Waals surface area contributed by atoms with Gasteiger partial charge in [0.1, 0.15) is 0 Å². The number of hydrogen-bond acceptors (Lipinski definition) is 5. The number of thioether (sulfide) groups is 1. The molecule has 0 radical (unpaired) electrons. The zero-order valence-corrected chi connectivity index (χ0v) is 15.2. The highest BCUT2D eigenvalue weighted by Gasteiger charge is 2.17. The lowest BCUT2D eigenvalue weighted by Crippen LogP contribution is -3.13. The Labute approximate surface area is 141 Å². The third-order valence-electron chi connectivity index (χ3n) is 4.23. The molecule has 2 rings (SSSR count). The number of carbonyl (C=O) groups is 1. The number of aromatic nitrogens is 2. The minimum atomic E-state index is 0.0652. The molecule has 1 aliphatic heterocycles. The van der Waals surface area contributed by atoms with Gasteiger partial charge < -0.3 is 10.2 Å². The van der Waals surface area contributed by atoms with E-state index in [1.807, 2.05) is 13.8 Å². The molecule has 22 heavy (non-hydrogen) atoms. The molecule has 124 valence electrons. The number of quaternary nitrogens is 1. The second-order valence-electron chi connectivity index (χ2n) is 5.78. The van der Waals surface area contributed by atoms with Gasteiger partial charge in [-0.3, -0.25) is 4.79 Å². The first kappa shape index (κ1) is 17.7. The fourth-order valence-electron chi connectivity index (χ4n) is 2.77. The Morgan fingerprint density at radius 3 is 2.68 bits per heavy atom. The maximum absolute atomic E-state index is 12.0. The third-order valence-corrected chi connectivity index (χ3v) is 6.21. The molecule has 1 aromatic rings. The summed E-state index contributed by atoms with van der Waals surface area (Å²) in [5.41, 5.74) is 0. The van der Waals surface area contributed by atoms with Crippen molar-refractivity contribution in [3.63, 3.8) is 0 Å². The van der Waals surface area contributed by atoms with E-state index >= 15 is 0 Å². The average molecular weight is 344 g/mol. The Balaban J connectivity index is 1.72. The molecule has 0 saturated carbocycles. The van der Waals surface area contributed by atoms with Crippen LogP contribution in [0, 0.1) is 5.92 Å². The molecule has 0 spiro atoms. The van der Waals surface area contributed by atoms with Gasteiger partial charge in [0.05, 0.1) is 19.6 Å². The van der Waals surface area contributed by atoms with E-state index in [-0.39, 0.29) is 11.8 Å². The van der Waals surface area contributed by atoms with Crippen molar-refractivity contribution in [2.24, 2.45) is 5.92 Å². The Morgan fingerprint density at radius 1 is 1.27 bits per heavy atom. The normalized spacial score (nSPS) is 16.1. The molecule has 0 aliphatic carbocycles. The van der Waals surface area contributed by atoms with Crippen LogP contribution < -0.4 is 10.2 Å². The number of anilines is 1. The largest absolute Gasteiger partial charge is 0.334 e. The summed E-state index contributed by atoms with van der Waals surface area (Å²) >= 11 is 3.24. The lowest BCUT2D eigenvalue weighted by Gasteiger charge is -2.22. The van der Waals surface area contributed by atoms with Crippen LogP contribution in [0.2, 0.25) is 0 Å². The highest BCUT2D eigenvalue weighted by molar-refractivity contribution is 8.01. The first-order chi connectivity index (χ1) is 10.7. The number of carbonyl (C=O) groups excluding carboxylic acids is 1. The highest BCUT2D eigenvalue weighted by atomic mass is 32.2. The van der Waals surface area contributed by atoms with Crippen LogP contribution in [0.4, 0.5) is 5.13 Å². The first-order valence-corrected chi connectivity index (χ1v) is 10.1. The monoisotopic (exact) mass is 343 g/mol. The summed E-state index contributed by atoms with van der Waals surface area (Å²) in [5, 5.41) is 11.8. The quantitative estimate of drug-likeness (QED) is 0.560. The number of likely N-dealkylation sites (tertiary alicyclic amines) is 1. The van der Waals surface area contributed by atoms with Gasteiger partial charge >= 0.3 is 0 Å². The van der Waals surface area contributed by atoms with E-state index in [4.69, 9.17) is 0 Å². The Bertz CT molecular complexity index is 456. The van der Waals surface area contributed by atoms with Crippen molar-refractivity contribution >= 4 is 34.1 Å². The number of amides is 1. The molecule has 7 heteroatoms. The van der Waals surface area contributed by atoms with E-state index in [2.05, 4.69) is 15.5 Å². The second kappa shape index (κ2) is 9.47. The minimum absolute atomic E-state index is 0.0652. The predicted octanol–water partition coefficient (Wildman–Crippen LogP) is 2.07. The highest BCUT2D eigenvalue weighted by Crippen LogP contribution is 2.25. The van der Waals surface area contributed by atoms with Gasteiger partial charge in [-0.05, 0) is 32.1 Å². The first-order valence-electron chi connectivity index (χ1n) is 8.33. The fraction of sp³-hybridized carbons (Fsp3) is 0.800. The van der Waals surface area contributed by atoms with E-state index in [0.717, 1.165) is 22.9 Å². The van der Waals surface area contributed by atoms with Crippen LogP contribution in [0.1, 0.15) is 46.0 Å². The molecule has 1 amide bonds. The molecule has 1 aliphatic rings. The summed E-state index contributed by atoms with van der Waals surface area (Å²) in [5.74, 6) is 1.21. The zero-order chi connectivity index (χ0) is 15.8. The van der Waals surface area contributed by atoms with Gasteiger partial charge in [0.25, 0.3) is 0 Å². The van der Waals surface area contributed by atoms with Crippen molar-refractivity contribution in [2.75, 3.05) is 30.7 Å². The smallest absolute Gasteiger partial charge is 0.229 e. The van der Waals surface area contributed by atoms with Gasteiger partial charge in [0, 0.05) is 11.7 Å². The van der Waals surface area contributed by atoms with E-state index in [1.54, 1.807) is 16.7 Å². The number of nitrogens with zero attached hydrogens (tertiary/aromatic N) is 2. The molecular formula is C15H27N4OS2+. The number of rotatable bonds is 8. The standard InChI is InChI=1S/C15H26N4OS2/c1-3-12(4-2)13(20)16-14-17-18-15(22-14)21-11-10-19-8-6-5-7-9-19/h12H,3-11H2,1-2H3,(H,16,17,20)/p+1. The van der Waals surface area contributed by atoms with E-state index < -0.39 is 0 Å². The predicted molar refractivity (Wildman–Crippen MR) is 92.7 cm³/mol. The lowest BCUT2D eigenvalue weighted by atomic mass is 10.0. The molecule has 1 fully saturated rings. The van der Waals surface area contributed by atoms with E-state index in [9.17, 15) is 4.79 Å².